The maximum absolute atomic E-state index is 12.6. The Morgan fingerprint density at radius 1 is 1.25 bits per heavy atom. The minimum absolute atomic E-state index is 0.0727. The Hall–Kier alpha value is -2.57. The first kappa shape index (κ1) is 17.8. The number of carbonyl (C=O) groups is 3. The zero-order chi connectivity index (χ0) is 17.5. The molecule has 1 atom stereocenters. The fourth-order valence-corrected chi connectivity index (χ4v) is 2.84. The number of piperidine rings is 1. The van der Waals surface area contributed by atoms with Crippen LogP contribution in [0.25, 0.3) is 0 Å². The first-order valence-corrected chi connectivity index (χ1v) is 7.98. The Morgan fingerprint density at radius 2 is 1.96 bits per heavy atom. The molecule has 0 saturated carbocycles. The maximum atomic E-state index is 12.6. The molecule has 1 heterocycles. The van der Waals surface area contributed by atoms with Crippen LogP contribution in [0.15, 0.2) is 24.3 Å². The lowest BCUT2D eigenvalue weighted by Crippen LogP contribution is -2.40. The third-order valence-corrected chi connectivity index (χ3v) is 4.06. The molecule has 2 amide bonds. The van der Waals surface area contributed by atoms with Gasteiger partial charge in [-0.2, -0.15) is 0 Å². The number of primary amides is 1. The largest absolute Gasteiger partial charge is 0.484 e. The number of benzene rings is 1. The fourth-order valence-electron chi connectivity index (χ4n) is 2.84. The Balaban J connectivity index is 1.92. The molecule has 130 valence electrons. The molecule has 1 aromatic carbocycles. The molecular formula is C17H22N2O5. The maximum Gasteiger partial charge on any atom is 0.303 e. The van der Waals surface area contributed by atoms with Crippen molar-refractivity contribution in [1.29, 1.82) is 0 Å². The third-order valence-electron chi connectivity index (χ3n) is 4.06. The normalized spacial score (nSPS) is 17.3. The first-order valence-electron chi connectivity index (χ1n) is 7.98. The number of nitrogens with zero attached hydrogens (tertiary/aromatic N) is 1. The van der Waals surface area contributed by atoms with Gasteiger partial charge in [-0.05, 0) is 49.4 Å². The molecule has 24 heavy (non-hydrogen) atoms. The van der Waals surface area contributed by atoms with Crippen LogP contribution in [0, 0.1) is 5.92 Å². The highest BCUT2D eigenvalue weighted by Crippen LogP contribution is 2.23. The molecule has 0 bridgehead atoms. The molecule has 1 aliphatic rings. The number of likely N-dealkylation sites (tertiary alicyclic amines) is 1. The monoisotopic (exact) mass is 334 g/mol. The average Bonchev–Trinajstić information content (AvgIpc) is 2.58. The number of carboxylic acid groups (broad SMARTS) is 1. The number of ether oxygens (including phenoxy) is 1. The zero-order valence-electron chi connectivity index (χ0n) is 13.4. The van der Waals surface area contributed by atoms with Crippen LogP contribution in [-0.4, -0.2) is 47.5 Å². The van der Waals surface area contributed by atoms with Crippen molar-refractivity contribution in [2.45, 2.75) is 25.7 Å². The fraction of sp³-hybridized carbons (Fsp3) is 0.471. The molecule has 1 fully saturated rings. The summed E-state index contributed by atoms with van der Waals surface area (Å²) < 4.78 is 5.16. The molecule has 0 spiro atoms. The lowest BCUT2D eigenvalue weighted by molar-refractivity contribution is -0.137. The predicted octanol–water partition coefficient (Wildman–Crippen LogP) is 1.27. The van der Waals surface area contributed by atoms with Gasteiger partial charge in [0, 0.05) is 25.1 Å². The van der Waals surface area contributed by atoms with E-state index in [4.69, 9.17) is 15.6 Å². The minimum atomic E-state index is -0.801. The molecule has 7 nitrogen and oxygen atoms in total. The van der Waals surface area contributed by atoms with Crippen molar-refractivity contribution in [2.24, 2.45) is 11.7 Å². The van der Waals surface area contributed by atoms with Crippen LogP contribution in [0.5, 0.6) is 5.75 Å². The van der Waals surface area contributed by atoms with E-state index in [0.29, 0.717) is 30.8 Å². The van der Waals surface area contributed by atoms with Crippen molar-refractivity contribution in [3.8, 4) is 5.75 Å². The average molecular weight is 334 g/mol. The Labute approximate surface area is 140 Å². The number of nitrogens with two attached hydrogens (primary N) is 1. The standard InChI is InChI=1S/C17H22N2O5/c18-15(20)11-24-14-6-4-13(5-7-14)17(23)19-9-1-2-12(10-19)3-8-16(21)22/h4-7,12H,1-3,8-11H2,(H2,18,20)(H,21,22)/t12-/m0/s1. The number of hydrogen-bond donors (Lipinski definition) is 2. The van der Waals surface area contributed by atoms with Gasteiger partial charge in [0.2, 0.25) is 0 Å². The summed E-state index contributed by atoms with van der Waals surface area (Å²) in [5.41, 5.74) is 5.55. The highest BCUT2D eigenvalue weighted by Gasteiger charge is 2.24. The van der Waals surface area contributed by atoms with Crippen molar-refractivity contribution in [2.75, 3.05) is 19.7 Å². The quantitative estimate of drug-likeness (QED) is 0.780. The van der Waals surface area contributed by atoms with Crippen molar-refractivity contribution >= 4 is 17.8 Å². The molecule has 1 saturated heterocycles. The second-order valence-corrected chi connectivity index (χ2v) is 5.97. The van der Waals surface area contributed by atoms with E-state index in [9.17, 15) is 14.4 Å². The second kappa shape index (κ2) is 8.33. The second-order valence-electron chi connectivity index (χ2n) is 5.97. The summed E-state index contributed by atoms with van der Waals surface area (Å²) in [6, 6.07) is 6.56. The van der Waals surface area contributed by atoms with Crippen LogP contribution in [0.3, 0.4) is 0 Å². The van der Waals surface area contributed by atoms with Gasteiger partial charge in [-0.1, -0.05) is 0 Å². The van der Waals surface area contributed by atoms with Crippen molar-refractivity contribution in [3.05, 3.63) is 29.8 Å². The predicted molar refractivity (Wildman–Crippen MR) is 86.6 cm³/mol. The lowest BCUT2D eigenvalue weighted by atomic mass is 9.93. The molecule has 1 aromatic rings. The van der Waals surface area contributed by atoms with Gasteiger partial charge in [0.25, 0.3) is 11.8 Å². The van der Waals surface area contributed by atoms with E-state index in [1.165, 1.54) is 0 Å². The molecule has 0 aliphatic carbocycles. The summed E-state index contributed by atoms with van der Waals surface area (Å²) >= 11 is 0. The van der Waals surface area contributed by atoms with Crippen LogP contribution in [0.1, 0.15) is 36.0 Å². The molecule has 1 aliphatic heterocycles. The van der Waals surface area contributed by atoms with Crippen molar-refractivity contribution in [1.82, 2.24) is 4.90 Å². The molecule has 2 rings (SSSR count). The smallest absolute Gasteiger partial charge is 0.303 e. The third kappa shape index (κ3) is 5.26. The molecular weight excluding hydrogens is 312 g/mol. The van der Waals surface area contributed by atoms with Crippen LogP contribution < -0.4 is 10.5 Å². The van der Waals surface area contributed by atoms with E-state index in [-0.39, 0.29) is 24.9 Å². The van der Waals surface area contributed by atoms with Gasteiger partial charge < -0.3 is 20.5 Å². The summed E-state index contributed by atoms with van der Waals surface area (Å²) in [4.78, 5) is 35.7. The van der Waals surface area contributed by atoms with Crippen LogP contribution in [-0.2, 0) is 9.59 Å². The highest BCUT2D eigenvalue weighted by atomic mass is 16.5. The van der Waals surface area contributed by atoms with E-state index in [1.54, 1.807) is 29.2 Å². The number of hydrogen-bond acceptors (Lipinski definition) is 4. The van der Waals surface area contributed by atoms with E-state index < -0.39 is 11.9 Å². The first-order chi connectivity index (χ1) is 11.5. The summed E-state index contributed by atoms with van der Waals surface area (Å²) in [6.07, 6.45) is 2.57. The summed E-state index contributed by atoms with van der Waals surface area (Å²) in [5, 5.41) is 8.78. The van der Waals surface area contributed by atoms with E-state index in [0.717, 1.165) is 12.8 Å². The topological polar surface area (TPSA) is 110 Å². The number of carboxylic acids is 1. The van der Waals surface area contributed by atoms with Crippen LogP contribution in [0.4, 0.5) is 0 Å². The Kier molecular flexibility index (Phi) is 6.17. The van der Waals surface area contributed by atoms with Gasteiger partial charge in [-0.15, -0.1) is 0 Å². The molecule has 0 radical (unpaired) electrons. The van der Waals surface area contributed by atoms with Crippen molar-refractivity contribution < 1.29 is 24.2 Å². The number of amides is 2. The lowest BCUT2D eigenvalue weighted by Gasteiger charge is -2.32. The summed E-state index contributed by atoms with van der Waals surface area (Å²) in [7, 11) is 0. The molecule has 0 unspecified atom stereocenters. The number of carbonyl (C=O) groups excluding carboxylic acids is 2. The number of rotatable bonds is 7. The van der Waals surface area contributed by atoms with Gasteiger partial charge >= 0.3 is 5.97 Å². The molecule has 7 heteroatoms. The minimum Gasteiger partial charge on any atom is -0.484 e. The Morgan fingerprint density at radius 3 is 2.58 bits per heavy atom. The number of aliphatic carboxylic acids is 1. The molecule has 0 aromatic heterocycles. The van der Waals surface area contributed by atoms with Gasteiger partial charge in [0.15, 0.2) is 6.61 Å². The zero-order valence-corrected chi connectivity index (χ0v) is 13.4. The van der Waals surface area contributed by atoms with Crippen LogP contribution in [0.2, 0.25) is 0 Å². The molecule has 3 N–H and O–H groups in total. The van der Waals surface area contributed by atoms with Crippen LogP contribution >= 0.6 is 0 Å². The summed E-state index contributed by atoms with van der Waals surface area (Å²) in [5.74, 6) is -0.724. The Bertz CT molecular complexity index is 600. The van der Waals surface area contributed by atoms with Gasteiger partial charge in [-0.3, -0.25) is 14.4 Å². The SMILES string of the molecule is NC(=O)COc1ccc(C(=O)N2CCC[C@@H](CCC(=O)O)C2)cc1. The van der Waals surface area contributed by atoms with Gasteiger partial charge in [0.1, 0.15) is 5.75 Å². The summed E-state index contributed by atoms with van der Waals surface area (Å²) in [6.45, 7) is 1.07. The van der Waals surface area contributed by atoms with Gasteiger partial charge in [-0.25, -0.2) is 0 Å². The van der Waals surface area contributed by atoms with E-state index in [1.807, 2.05) is 0 Å². The van der Waals surface area contributed by atoms with Gasteiger partial charge in [0.05, 0.1) is 0 Å². The van der Waals surface area contributed by atoms with E-state index in [2.05, 4.69) is 0 Å². The van der Waals surface area contributed by atoms with E-state index >= 15 is 0 Å². The van der Waals surface area contributed by atoms with Crippen molar-refractivity contribution in [3.63, 3.8) is 0 Å². The highest BCUT2D eigenvalue weighted by molar-refractivity contribution is 5.94.